The number of amides is 2. The van der Waals surface area contributed by atoms with Crippen LogP contribution in [0.4, 0.5) is 0 Å². The molecule has 1 fully saturated rings. The van der Waals surface area contributed by atoms with Crippen LogP contribution in [-0.4, -0.2) is 43.4 Å². The van der Waals surface area contributed by atoms with Crippen molar-refractivity contribution < 1.29 is 9.59 Å². The zero-order chi connectivity index (χ0) is 18.4. The summed E-state index contributed by atoms with van der Waals surface area (Å²) in [5, 5.41) is 8.00. The predicted molar refractivity (Wildman–Crippen MR) is 112 cm³/mol. The first-order valence-electron chi connectivity index (χ1n) is 9.02. The lowest BCUT2D eigenvalue weighted by molar-refractivity contribution is 0.0690. The first-order chi connectivity index (χ1) is 12.7. The van der Waals surface area contributed by atoms with E-state index in [9.17, 15) is 9.59 Å². The number of hydrogen-bond donors (Lipinski definition) is 2. The average molecular weight is 408 g/mol. The molecule has 0 radical (unpaired) electrons. The summed E-state index contributed by atoms with van der Waals surface area (Å²) >= 11 is 1.43. The summed E-state index contributed by atoms with van der Waals surface area (Å²) in [5.74, 6) is 0.699. The van der Waals surface area contributed by atoms with Crippen molar-refractivity contribution in [1.29, 1.82) is 0 Å². The highest BCUT2D eigenvalue weighted by Gasteiger charge is 2.23. The summed E-state index contributed by atoms with van der Waals surface area (Å²) in [6.45, 7) is 3.13. The second-order valence-electron chi connectivity index (χ2n) is 6.65. The molecule has 2 aromatic rings. The Morgan fingerprint density at radius 2 is 1.85 bits per heavy atom. The number of thiophene rings is 1. The second kappa shape index (κ2) is 10.4. The summed E-state index contributed by atoms with van der Waals surface area (Å²) in [6.07, 6.45) is 2.11. The molecule has 1 saturated heterocycles. The highest BCUT2D eigenvalue weighted by Crippen LogP contribution is 2.19. The van der Waals surface area contributed by atoms with E-state index in [1.165, 1.54) is 11.3 Å². The molecule has 1 aromatic carbocycles. The van der Waals surface area contributed by atoms with Crippen LogP contribution in [0.2, 0.25) is 0 Å². The Morgan fingerprint density at radius 1 is 1.15 bits per heavy atom. The van der Waals surface area contributed by atoms with Gasteiger partial charge in [0.15, 0.2) is 0 Å². The van der Waals surface area contributed by atoms with E-state index in [0.717, 1.165) is 38.0 Å². The molecule has 2 N–H and O–H groups in total. The van der Waals surface area contributed by atoms with Crippen LogP contribution in [0.15, 0.2) is 41.8 Å². The fourth-order valence-corrected chi connectivity index (χ4v) is 3.89. The van der Waals surface area contributed by atoms with Gasteiger partial charge in [-0.25, -0.2) is 0 Å². The minimum atomic E-state index is -0.0652. The zero-order valence-electron chi connectivity index (χ0n) is 15.4. The summed E-state index contributed by atoms with van der Waals surface area (Å²) < 4.78 is 0. The Hall–Kier alpha value is -1.89. The number of nitrogens with one attached hydrogen (secondary N) is 2. The van der Waals surface area contributed by atoms with Crippen molar-refractivity contribution in [1.82, 2.24) is 15.5 Å². The van der Waals surface area contributed by atoms with Crippen LogP contribution in [0.25, 0.3) is 0 Å². The highest BCUT2D eigenvalue weighted by atomic mass is 35.5. The number of nitrogens with zero attached hydrogens (tertiary/aromatic N) is 1. The van der Waals surface area contributed by atoms with E-state index in [2.05, 4.69) is 10.6 Å². The number of hydrogen-bond acceptors (Lipinski definition) is 4. The lowest BCUT2D eigenvalue weighted by Crippen LogP contribution is -2.40. The normalized spacial score (nSPS) is 14.5. The molecule has 2 amide bonds. The van der Waals surface area contributed by atoms with Crippen molar-refractivity contribution >= 4 is 35.6 Å². The molecule has 0 spiro atoms. The van der Waals surface area contributed by atoms with E-state index in [1.807, 2.05) is 53.7 Å². The van der Waals surface area contributed by atoms with Crippen LogP contribution in [0, 0.1) is 5.92 Å². The Kier molecular flexibility index (Phi) is 8.28. The van der Waals surface area contributed by atoms with Crippen LogP contribution in [0.3, 0.4) is 0 Å². The first kappa shape index (κ1) is 21.4. The molecule has 1 aliphatic heterocycles. The predicted octanol–water partition coefficient (Wildman–Crippen LogP) is 3.17. The summed E-state index contributed by atoms with van der Waals surface area (Å²) in [7, 11) is 1.97. The van der Waals surface area contributed by atoms with Gasteiger partial charge in [0.05, 0.1) is 4.88 Å². The van der Waals surface area contributed by atoms with Crippen molar-refractivity contribution in [2.45, 2.75) is 19.4 Å². The maximum Gasteiger partial charge on any atom is 0.261 e. The summed E-state index contributed by atoms with van der Waals surface area (Å²) in [5.41, 5.74) is 1.70. The van der Waals surface area contributed by atoms with Crippen molar-refractivity contribution in [2.24, 2.45) is 5.92 Å². The maximum absolute atomic E-state index is 12.6. The first-order valence-corrected chi connectivity index (χ1v) is 9.90. The number of carbonyl (C=O) groups is 2. The Bertz CT molecular complexity index is 726. The number of likely N-dealkylation sites (tertiary alicyclic amines) is 1. The van der Waals surface area contributed by atoms with Gasteiger partial charge in [0, 0.05) is 25.2 Å². The van der Waals surface area contributed by atoms with Crippen LogP contribution in [0.5, 0.6) is 0 Å². The molecule has 7 heteroatoms. The fraction of sp³-hybridized carbons (Fsp3) is 0.400. The van der Waals surface area contributed by atoms with Crippen molar-refractivity contribution in [3.8, 4) is 0 Å². The third-order valence-corrected chi connectivity index (χ3v) is 5.66. The fourth-order valence-electron chi connectivity index (χ4n) is 3.25. The third-order valence-electron chi connectivity index (χ3n) is 4.79. The largest absolute Gasteiger partial charge is 0.347 e. The molecule has 2 heterocycles. The van der Waals surface area contributed by atoms with Crippen molar-refractivity contribution in [3.05, 3.63) is 57.8 Å². The summed E-state index contributed by atoms with van der Waals surface area (Å²) in [4.78, 5) is 27.3. The monoisotopic (exact) mass is 407 g/mol. The lowest BCUT2D eigenvalue weighted by atomic mass is 9.96. The topological polar surface area (TPSA) is 61.4 Å². The van der Waals surface area contributed by atoms with Crippen molar-refractivity contribution in [2.75, 3.05) is 26.7 Å². The Morgan fingerprint density at radius 3 is 2.44 bits per heavy atom. The molecular formula is C20H26ClN3O2S. The van der Waals surface area contributed by atoms with Gasteiger partial charge < -0.3 is 15.5 Å². The number of rotatable bonds is 6. The molecule has 0 saturated carbocycles. The smallest absolute Gasteiger partial charge is 0.261 e. The molecule has 5 nitrogen and oxygen atoms in total. The van der Waals surface area contributed by atoms with Gasteiger partial charge in [0.25, 0.3) is 11.8 Å². The number of piperidine rings is 1. The van der Waals surface area contributed by atoms with Gasteiger partial charge in [-0.1, -0.05) is 18.2 Å². The molecule has 0 aliphatic carbocycles. The molecule has 3 rings (SSSR count). The molecule has 1 aromatic heterocycles. The zero-order valence-corrected chi connectivity index (χ0v) is 17.1. The van der Waals surface area contributed by atoms with E-state index in [0.29, 0.717) is 22.9 Å². The maximum atomic E-state index is 12.6. The van der Waals surface area contributed by atoms with Gasteiger partial charge >= 0.3 is 0 Å². The number of halogens is 1. The molecule has 27 heavy (non-hydrogen) atoms. The highest BCUT2D eigenvalue weighted by molar-refractivity contribution is 7.12. The Balaban J connectivity index is 0.00000261. The Labute approximate surface area is 170 Å². The molecule has 146 valence electrons. The van der Waals surface area contributed by atoms with Gasteiger partial charge in [-0.15, -0.1) is 23.7 Å². The van der Waals surface area contributed by atoms with Gasteiger partial charge in [-0.2, -0.15) is 0 Å². The molecule has 0 bridgehead atoms. The van der Waals surface area contributed by atoms with Crippen molar-refractivity contribution in [3.63, 3.8) is 0 Å². The van der Waals surface area contributed by atoms with E-state index in [-0.39, 0.29) is 24.2 Å². The number of benzene rings is 1. The quantitative estimate of drug-likeness (QED) is 0.773. The summed E-state index contributed by atoms with van der Waals surface area (Å²) in [6, 6.07) is 11.2. The SMILES string of the molecule is CNCC1CCN(C(=O)c2ccc(CNC(=O)c3cccs3)cc2)CC1.Cl. The molecular weight excluding hydrogens is 382 g/mol. The standard InChI is InChI=1S/C20H25N3O2S.ClH/c1-21-13-16-8-10-23(11-9-16)20(25)17-6-4-15(5-7-17)14-22-19(24)18-3-2-12-26-18;/h2-7,12,16,21H,8-11,13-14H2,1H3,(H,22,24);1H. The van der Waals surface area contributed by atoms with Gasteiger partial charge in [0.2, 0.25) is 0 Å². The van der Waals surface area contributed by atoms with Crippen LogP contribution in [0.1, 0.15) is 38.4 Å². The van der Waals surface area contributed by atoms with Crippen LogP contribution < -0.4 is 10.6 Å². The van der Waals surface area contributed by atoms with Gasteiger partial charge in [-0.05, 0) is 61.5 Å². The van der Waals surface area contributed by atoms with E-state index >= 15 is 0 Å². The minimum absolute atomic E-state index is 0. The minimum Gasteiger partial charge on any atom is -0.347 e. The van der Waals surface area contributed by atoms with Gasteiger partial charge in [-0.3, -0.25) is 9.59 Å². The van der Waals surface area contributed by atoms with Crippen LogP contribution in [-0.2, 0) is 6.54 Å². The van der Waals surface area contributed by atoms with Gasteiger partial charge in [0.1, 0.15) is 0 Å². The second-order valence-corrected chi connectivity index (χ2v) is 7.60. The number of carbonyl (C=O) groups excluding carboxylic acids is 2. The third kappa shape index (κ3) is 5.79. The average Bonchev–Trinajstić information content (AvgIpc) is 3.22. The van der Waals surface area contributed by atoms with E-state index in [4.69, 9.17) is 0 Å². The van der Waals surface area contributed by atoms with Crippen LogP contribution >= 0.6 is 23.7 Å². The lowest BCUT2D eigenvalue weighted by Gasteiger charge is -2.32. The van der Waals surface area contributed by atoms with E-state index < -0.39 is 0 Å². The molecule has 1 aliphatic rings. The molecule has 0 unspecified atom stereocenters. The van der Waals surface area contributed by atoms with E-state index in [1.54, 1.807) is 0 Å². The molecule has 0 atom stereocenters.